The van der Waals surface area contributed by atoms with E-state index < -0.39 is 5.97 Å². The van der Waals surface area contributed by atoms with Gasteiger partial charge in [0.1, 0.15) is 6.10 Å². The van der Waals surface area contributed by atoms with Crippen LogP contribution >= 0.6 is 0 Å². The topological polar surface area (TPSA) is 65.2 Å². The van der Waals surface area contributed by atoms with Gasteiger partial charge in [-0.25, -0.2) is 4.79 Å². The summed E-state index contributed by atoms with van der Waals surface area (Å²) in [4.78, 5) is 16.1. The molecule has 5 nitrogen and oxygen atoms in total. The summed E-state index contributed by atoms with van der Waals surface area (Å²) >= 11 is 0. The van der Waals surface area contributed by atoms with Crippen LogP contribution in [0.25, 0.3) is 0 Å². The lowest BCUT2D eigenvalue weighted by molar-refractivity contribution is 0.0247. The first-order chi connectivity index (χ1) is 8.74. The molecule has 0 N–H and O–H groups in total. The van der Waals surface area contributed by atoms with Crippen molar-refractivity contribution in [2.45, 2.75) is 25.9 Å². The fourth-order valence-electron chi connectivity index (χ4n) is 2.14. The predicted molar refractivity (Wildman–Crippen MR) is 62.0 cm³/mol. The third-order valence-corrected chi connectivity index (χ3v) is 2.99. The number of rotatable bonds is 2. The summed E-state index contributed by atoms with van der Waals surface area (Å²) in [5, 5.41) is 3.67. The Bertz CT molecular complexity index is 591. The summed E-state index contributed by atoms with van der Waals surface area (Å²) < 4.78 is 10.3. The van der Waals surface area contributed by atoms with Gasteiger partial charge in [-0.05, 0) is 31.4 Å². The molecule has 0 fully saturated rings. The van der Waals surface area contributed by atoms with Crippen molar-refractivity contribution in [1.29, 1.82) is 0 Å². The van der Waals surface area contributed by atoms with Gasteiger partial charge in [-0.1, -0.05) is 11.2 Å². The van der Waals surface area contributed by atoms with Crippen molar-refractivity contribution in [2.24, 2.45) is 0 Å². The smallest absolute Gasteiger partial charge is 0.377 e. The molecular weight excluding hydrogens is 232 g/mol. The summed E-state index contributed by atoms with van der Waals surface area (Å²) in [7, 11) is 0. The van der Waals surface area contributed by atoms with Gasteiger partial charge in [-0.15, -0.1) is 0 Å². The van der Waals surface area contributed by atoms with Gasteiger partial charge in [0.2, 0.25) is 5.76 Å². The number of carbonyl (C=O) groups is 1. The molecule has 1 atom stereocenters. The van der Waals surface area contributed by atoms with Gasteiger partial charge in [0.05, 0.1) is 11.4 Å². The molecule has 5 heteroatoms. The Morgan fingerprint density at radius 1 is 1.56 bits per heavy atom. The van der Waals surface area contributed by atoms with Crippen LogP contribution in [0.5, 0.6) is 0 Å². The molecule has 3 rings (SSSR count). The highest BCUT2D eigenvalue weighted by Gasteiger charge is 2.28. The van der Waals surface area contributed by atoms with Crippen molar-refractivity contribution >= 4 is 5.97 Å². The average molecular weight is 244 g/mol. The Morgan fingerprint density at radius 2 is 2.44 bits per heavy atom. The quantitative estimate of drug-likeness (QED) is 0.758. The zero-order valence-electron chi connectivity index (χ0n) is 9.92. The monoisotopic (exact) mass is 244 g/mol. The van der Waals surface area contributed by atoms with Crippen molar-refractivity contribution in [3.8, 4) is 0 Å². The first-order valence-electron chi connectivity index (χ1n) is 5.82. The number of ether oxygens (including phenoxy) is 1. The highest BCUT2D eigenvalue weighted by atomic mass is 16.6. The third-order valence-electron chi connectivity index (χ3n) is 2.99. The number of pyridine rings is 1. The Morgan fingerprint density at radius 3 is 3.22 bits per heavy atom. The Hall–Kier alpha value is -2.17. The van der Waals surface area contributed by atoms with E-state index in [-0.39, 0.29) is 11.9 Å². The van der Waals surface area contributed by atoms with E-state index in [1.54, 1.807) is 19.2 Å². The van der Waals surface area contributed by atoms with Gasteiger partial charge < -0.3 is 9.26 Å². The van der Waals surface area contributed by atoms with Gasteiger partial charge in [0.25, 0.3) is 0 Å². The van der Waals surface area contributed by atoms with Crippen LogP contribution in [0.15, 0.2) is 28.9 Å². The Kier molecular flexibility index (Phi) is 2.59. The number of aryl methyl sites for hydroxylation is 2. The number of fused-ring (bicyclic) bond motifs is 1. The predicted octanol–water partition coefficient (Wildman–Crippen LogP) is 2.22. The number of hydrogen-bond acceptors (Lipinski definition) is 5. The molecule has 0 amide bonds. The van der Waals surface area contributed by atoms with E-state index in [0.29, 0.717) is 5.69 Å². The van der Waals surface area contributed by atoms with E-state index in [1.807, 2.05) is 12.1 Å². The maximum absolute atomic E-state index is 11.8. The molecule has 0 aromatic carbocycles. The first-order valence-corrected chi connectivity index (χ1v) is 5.82. The van der Waals surface area contributed by atoms with Crippen molar-refractivity contribution in [1.82, 2.24) is 10.1 Å². The second-order valence-corrected chi connectivity index (χ2v) is 4.31. The zero-order valence-corrected chi connectivity index (χ0v) is 9.92. The molecule has 0 saturated heterocycles. The van der Waals surface area contributed by atoms with Crippen LogP contribution in [-0.4, -0.2) is 16.1 Å². The molecule has 1 aliphatic rings. The minimum Gasteiger partial charge on any atom is -0.450 e. The fourth-order valence-corrected chi connectivity index (χ4v) is 2.14. The molecule has 0 bridgehead atoms. The van der Waals surface area contributed by atoms with Gasteiger partial charge in [-0.3, -0.25) is 4.98 Å². The molecule has 18 heavy (non-hydrogen) atoms. The lowest BCUT2D eigenvalue weighted by Crippen LogP contribution is -2.09. The van der Waals surface area contributed by atoms with E-state index in [2.05, 4.69) is 10.1 Å². The van der Waals surface area contributed by atoms with Gasteiger partial charge in [0, 0.05) is 12.3 Å². The van der Waals surface area contributed by atoms with Gasteiger partial charge in [0.15, 0.2) is 0 Å². The second-order valence-electron chi connectivity index (χ2n) is 4.31. The average Bonchev–Trinajstić information content (AvgIpc) is 2.97. The lowest BCUT2D eigenvalue weighted by Gasteiger charge is -2.10. The maximum atomic E-state index is 11.8. The molecule has 2 aromatic heterocycles. The molecule has 2 aromatic rings. The minimum absolute atomic E-state index is 0.136. The number of aromatic nitrogens is 2. The molecule has 0 aliphatic heterocycles. The molecule has 0 radical (unpaired) electrons. The third kappa shape index (κ3) is 1.88. The van der Waals surface area contributed by atoms with Crippen molar-refractivity contribution < 1.29 is 14.1 Å². The molecule has 2 heterocycles. The summed E-state index contributed by atoms with van der Waals surface area (Å²) in [6.07, 6.45) is 3.09. The second kappa shape index (κ2) is 4.25. The van der Waals surface area contributed by atoms with Crippen LogP contribution in [0.3, 0.4) is 0 Å². The van der Waals surface area contributed by atoms with Crippen molar-refractivity contribution in [2.75, 3.05) is 0 Å². The normalized spacial score (nSPS) is 17.5. The minimum atomic E-state index is -0.487. The van der Waals surface area contributed by atoms with Gasteiger partial charge >= 0.3 is 5.97 Å². The molecule has 0 unspecified atom stereocenters. The zero-order chi connectivity index (χ0) is 12.5. The fraction of sp³-hybridized carbons (Fsp3) is 0.308. The van der Waals surface area contributed by atoms with Crippen LogP contribution in [0.1, 0.15) is 40.0 Å². The van der Waals surface area contributed by atoms with Crippen LogP contribution in [-0.2, 0) is 11.2 Å². The SMILES string of the molecule is Cc1cc(C(=O)O[C@H]2CCc3cccnc32)on1. The molecule has 0 saturated carbocycles. The van der Waals surface area contributed by atoms with Crippen LogP contribution in [0, 0.1) is 6.92 Å². The number of esters is 1. The molecule has 0 spiro atoms. The van der Waals surface area contributed by atoms with Crippen LogP contribution in [0.4, 0.5) is 0 Å². The van der Waals surface area contributed by atoms with Crippen molar-refractivity contribution in [3.05, 3.63) is 47.1 Å². The highest BCUT2D eigenvalue weighted by molar-refractivity contribution is 5.86. The van der Waals surface area contributed by atoms with E-state index in [4.69, 9.17) is 9.26 Å². The molecule has 1 aliphatic carbocycles. The summed E-state index contributed by atoms with van der Waals surface area (Å²) in [6.45, 7) is 1.76. The highest BCUT2D eigenvalue weighted by Crippen LogP contribution is 2.32. The van der Waals surface area contributed by atoms with E-state index in [9.17, 15) is 4.79 Å². The van der Waals surface area contributed by atoms with E-state index in [0.717, 1.165) is 24.1 Å². The molecule has 92 valence electrons. The lowest BCUT2D eigenvalue weighted by atomic mass is 10.2. The Balaban J connectivity index is 1.77. The summed E-state index contributed by atoms with van der Waals surface area (Å²) in [6, 6.07) is 5.47. The van der Waals surface area contributed by atoms with E-state index in [1.165, 1.54) is 0 Å². The number of carbonyl (C=O) groups excluding carboxylic acids is 1. The van der Waals surface area contributed by atoms with Crippen LogP contribution in [0.2, 0.25) is 0 Å². The maximum Gasteiger partial charge on any atom is 0.377 e. The van der Waals surface area contributed by atoms with Crippen LogP contribution < -0.4 is 0 Å². The summed E-state index contributed by atoms with van der Waals surface area (Å²) in [5.74, 6) is -0.351. The van der Waals surface area contributed by atoms with E-state index >= 15 is 0 Å². The summed E-state index contributed by atoms with van der Waals surface area (Å²) in [5.41, 5.74) is 2.65. The molecular formula is C13H12N2O3. The van der Waals surface area contributed by atoms with Gasteiger partial charge in [-0.2, -0.15) is 0 Å². The van der Waals surface area contributed by atoms with Crippen molar-refractivity contribution in [3.63, 3.8) is 0 Å². The first kappa shape index (κ1) is 11.0. The number of nitrogens with zero attached hydrogens (tertiary/aromatic N) is 2. The number of hydrogen-bond donors (Lipinski definition) is 0. The largest absolute Gasteiger partial charge is 0.450 e. The standard InChI is InChI=1S/C13H12N2O3/c1-8-7-11(18-15-8)13(16)17-10-5-4-9-3-2-6-14-12(9)10/h2-3,6-7,10H,4-5H2,1H3/t10-/m0/s1. The Labute approximate surface area is 104 Å².